The highest BCUT2D eigenvalue weighted by Crippen LogP contribution is 2.21. The molecule has 0 fully saturated rings. The number of hydrogen-bond donors (Lipinski definition) is 2. The van der Waals surface area contributed by atoms with Gasteiger partial charge in [-0.05, 0) is 19.0 Å². The number of nitrogens with one attached hydrogen (secondary N) is 1. The maximum atomic E-state index is 11.5. The Kier molecular flexibility index (Phi) is 5.11. The normalized spacial score (nSPS) is 11.0. The van der Waals surface area contributed by atoms with Crippen LogP contribution >= 0.6 is 0 Å². The highest BCUT2D eigenvalue weighted by molar-refractivity contribution is 6.05. The molecule has 2 rings (SSSR count). The van der Waals surface area contributed by atoms with Crippen molar-refractivity contribution in [3.63, 3.8) is 0 Å². The number of carbonyl (C=O) groups excluding carboxylic acids is 1. The van der Waals surface area contributed by atoms with Crippen molar-refractivity contribution in [1.29, 1.82) is 0 Å². The summed E-state index contributed by atoms with van der Waals surface area (Å²) in [6.07, 6.45) is 0.874. The number of rotatable bonds is 7. The number of carbonyl (C=O) groups is 1. The summed E-state index contributed by atoms with van der Waals surface area (Å²) >= 11 is 0. The molecule has 1 aromatic heterocycles. The van der Waals surface area contributed by atoms with E-state index in [0.717, 1.165) is 18.4 Å². The Balaban J connectivity index is 2.08. The number of amides is 1. The largest absolute Gasteiger partial charge is 0.478 e. The number of nitrogens with zero attached hydrogens (tertiary/aromatic N) is 1. The van der Waals surface area contributed by atoms with Gasteiger partial charge in [-0.15, -0.1) is 0 Å². The molecule has 21 heavy (non-hydrogen) atoms. The van der Waals surface area contributed by atoms with Gasteiger partial charge in [0, 0.05) is 17.5 Å². The highest BCUT2D eigenvalue weighted by atomic mass is 16.5. The average molecular weight is 287 g/mol. The predicted molar refractivity (Wildman–Crippen MR) is 83.5 cm³/mol. The lowest BCUT2D eigenvalue weighted by atomic mass is 10.1. The van der Waals surface area contributed by atoms with Crippen LogP contribution in [0.3, 0.4) is 0 Å². The van der Waals surface area contributed by atoms with E-state index in [4.69, 9.17) is 10.5 Å². The topological polar surface area (TPSA) is 77.2 Å². The molecule has 0 spiro atoms. The minimum Gasteiger partial charge on any atom is -0.478 e. The van der Waals surface area contributed by atoms with Crippen LogP contribution in [0, 0.1) is 0 Å². The van der Waals surface area contributed by atoms with Gasteiger partial charge in [-0.25, -0.2) is 4.98 Å². The van der Waals surface area contributed by atoms with Gasteiger partial charge in [0.1, 0.15) is 0 Å². The number of benzene rings is 1. The van der Waals surface area contributed by atoms with Crippen molar-refractivity contribution in [2.45, 2.75) is 26.3 Å². The van der Waals surface area contributed by atoms with E-state index in [2.05, 4.69) is 24.1 Å². The third kappa shape index (κ3) is 4.16. The van der Waals surface area contributed by atoms with E-state index in [1.807, 2.05) is 24.3 Å². The maximum absolute atomic E-state index is 11.5. The van der Waals surface area contributed by atoms with E-state index in [1.165, 1.54) is 0 Å². The van der Waals surface area contributed by atoms with Gasteiger partial charge >= 0.3 is 0 Å². The number of hydrogen-bond acceptors (Lipinski definition) is 4. The molecule has 112 valence electrons. The molecule has 0 saturated carbocycles. The Morgan fingerprint density at radius 3 is 2.86 bits per heavy atom. The van der Waals surface area contributed by atoms with Gasteiger partial charge in [0.15, 0.2) is 0 Å². The van der Waals surface area contributed by atoms with Crippen LogP contribution < -0.4 is 15.8 Å². The van der Waals surface area contributed by atoms with Gasteiger partial charge in [0.05, 0.1) is 17.7 Å². The zero-order chi connectivity index (χ0) is 15.2. The predicted octanol–water partition coefficient (Wildman–Crippen LogP) is 2.10. The van der Waals surface area contributed by atoms with Crippen molar-refractivity contribution in [1.82, 2.24) is 10.3 Å². The van der Waals surface area contributed by atoms with Crippen molar-refractivity contribution in [3.05, 3.63) is 35.9 Å². The minimum absolute atomic E-state index is 0.437. The fourth-order valence-corrected chi connectivity index (χ4v) is 2.07. The molecule has 5 nitrogen and oxygen atoms in total. The molecule has 1 amide bonds. The second kappa shape index (κ2) is 7.04. The van der Waals surface area contributed by atoms with E-state index < -0.39 is 5.91 Å². The molecular formula is C16H21N3O2. The summed E-state index contributed by atoms with van der Waals surface area (Å²) < 4.78 is 5.63. The maximum Gasteiger partial charge on any atom is 0.249 e. The number of nitrogens with two attached hydrogens (primary N) is 1. The summed E-state index contributed by atoms with van der Waals surface area (Å²) in [7, 11) is 0. The first-order valence-corrected chi connectivity index (χ1v) is 7.13. The van der Waals surface area contributed by atoms with Gasteiger partial charge in [-0.2, -0.15) is 0 Å². The molecule has 5 heteroatoms. The summed E-state index contributed by atoms with van der Waals surface area (Å²) in [6, 6.07) is 9.48. The Morgan fingerprint density at radius 1 is 1.38 bits per heavy atom. The Morgan fingerprint density at radius 2 is 2.14 bits per heavy atom. The number of primary amides is 1. The molecule has 3 N–H and O–H groups in total. The molecule has 0 aliphatic rings. The molecule has 2 aromatic rings. The van der Waals surface area contributed by atoms with Crippen LogP contribution in [0.4, 0.5) is 0 Å². The Bertz CT molecular complexity index is 626. The fraction of sp³-hybridized carbons (Fsp3) is 0.375. The van der Waals surface area contributed by atoms with Crippen LogP contribution in [0.1, 0.15) is 30.6 Å². The Labute approximate surface area is 124 Å². The van der Waals surface area contributed by atoms with E-state index >= 15 is 0 Å². The van der Waals surface area contributed by atoms with Gasteiger partial charge in [-0.3, -0.25) is 4.79 Å². The van der Waals surface area contributed by atoms with Crippen LogP contribution in [0.2, 0.25) is 0 Å². The van der Waals surface area contributed by atoms with Crippen LogP contribution in [0.15, 0.2) is 30.3 Å². The molecule has 0 saturated heterocycles. The molecule has 0 radical (unpaired) electrons. The second-order valence-corrected chi connectivity index (χ2v) is 5.20. The standard InChI is InChI=1S/C16H21N3O2/c1-11(2)18-8-5-9-21-15-10-13(16(17)20)12-6-3-4-7-14(12)19-15/h3-4,6-7,10-11,18H,5,8-9H2,1-2H3,(H2,17,20). The van der Waals surface area contributed by atoms with Crippen molar-refractivity contribution >= 4 is 16.8 Å². The average Bonchev–Trinajstić information content (AvgIpc) is 2.45. The van der Waals surface area contributed by atoms with Crippen molar-refractivity contribution in [2.75, 3.05) is 13.2 Å². The number of para-hydroxylation sites is 1. The molecule has 1 aromatic carbocycles. The van der Waals surface area contributed by atoms with E-state index in [9.17, 15) is 4.79 Å². The highest BCUT2D eigenvalue weighted by Gasteiger charge is 2.10. The summed E-state index contributed by atoms with van der Waals surface area (Å²) in [5.41, 5.74) is 6.58. The van der Waals surface area contributed by atoms with Crippen molar-refractivity contribution < 1.29 is 9.53 Å². The number of pyridine rings is 1. The van der Waals surface area contributed by atoms with E-state index in [0.29, 0.717) is 29.6 Å². The van der Waals surface area contributed by atoms with Gasteiger partial charge in [-0.1, -0.05) is 32.0 Å². The molecular weight excluding hydrogens is 266 g/mol. The lowest BCUT2D eigenvalue weighted by Crippen LogP contribution is -2.24. The van der Waals surface area contributed by atoms with E-state index in [-0.39, 0.29) is 0 Å². The quantitative estimate of drug-likeness (QED) is 0.765. The van der Waals surface area contributed by atoms with Crippen LogP contribution in [-0.2, 0) is 0 Å². The van der Waals surface area contributed by atoms with Crippen LogP contribution in [0.25, 0.3) is 10.9 Å². The van der Waals surface area contributed by atoms with Gasteiger partial charge < -0.3 is 15.8 Å². The molecule has 0 aliphatic heterocycles. The Hall–Kier alpha value is -2.14. The second-order valence-electron chi connectivity index (χ2n) is 5.20. The first-order chi connectivity index (χ1) is 10.1. The smallest absolute Gasteiger partial charge is 0.249 e. The van der Waals surface area contributed by atoms with Crippen LogP contribution in [-0.4, -0.2) is 30.1 Å². The van der Waals surface area contributed by atoms with Gasteiger partial charge in [0.25, 0.3) is 0 Å². The molecule has 0 unspecified atom stereocenters. The first kappa shape index (κ1) is 15.3. The lowest BCUT2D eigenvalue weighted by Gasteiger charge is -2.10. The number of aromatic nitrogens is 1. The number of fused-ring (bicyclic) bond motifs is 1. The third-order valence-corrected chi connectivity index (χ3v) is 3.08. The zero-order valence-corrected chi connectivity index (χ0v) is 12.4. The van der Waals surface area contributed by atoms with Crippen LogP contribution in [0.5, 0.6) is 5.88 Å². The number of ether oxygens (including phenoxy) is 1. The van der Waals surface area contributed by atoms with Crippen molar-refractivity contribution in [2.24, 2.45) is 5.73 Å². The summed E-state index contributed by atoms with van der Waals surface area (Å²) in [5, 5.41) is 4.07. The summed E-state index contributed by atoms with van der Waals surface area (Å²) in [4.78, 5) is 15.9. The lowest BCUT2D eigenvalue weighted by molar-refractivity contribution is 0.100. The van der Waals surface area contributed by atoms with E-state index in [1.54, 1.807) is 6.07 Å². The zero-order valence-electron chi connectivity index (χ0n) is 12.4. The first-order valence-electron chi connectivity index (χ1n) is 7.13. The molecule has 0 atom stereocenters. The van der Waals surface area contributed by atoms with Crippen molar-refractivity contribution in [3.8, 4) is 5.88 Å². The SMILES string of the molecule is CC(C)NCCCOc1cc(C(N)=O)c2ccccc2n1. The summed E-state index contributed by atoms with van der Waals surface area (Å²) in [5.74, 6) is -0.0352. The molecule has 1 heterocycles. The minimum atomic E-state index is -0.472. The van der Waals surface area contributed by atoms with Gasteiger partial charge in [0.2, 0.25) is 11.8 Å². The molecule has 0 aliphatic carbocycles. The fourth-order valence-electron chi connectivity index (χ4n) is 2.07. The monoisotopic (exact) mass is 287 g/mol. The third-order valence-electron chi connectivity index (χ3n) is 3.08. The summed E-state index contributed by atoms with van der Waals surface area (Å²) in [6.45, 7) is 5.63. The molecule has 0 bridgehead atoms.